The van der Waals surface area contributed by atoms with E-state index in [1.54, 1.807) is 30.6 Å². The highest BCUT2D eigenvalue weighted by atomic mass is 16.1. The molecule has 0 bridgehead atoms. The van der Waals surface area contributed by atoms with E-state index in [9.17, 15) is 10.1 Å². The Labute approximate surface area is 227 Å². The number of aromatic nitrogens is 3. The van der Waals surface area contributed by atoms with Crippen molar-refractivity contribution in [2.75, 3.05) is 32.1 Å². The maximum absolute atomic E-state index is 13.8. The third-order valence-corrected chi connectivity index (χ3v) is 7.99. The maximum Gasteiger partial charge on any atom is 0.228 e. The molecule has 5 aromatic rings. The van der Waals surface area contributed by atoms with Crippen molar-refractivity contribution in [3.8, 4) is 17.2 Å². The summed E-state index contributed by atoms with van der Waals surface area (Å²) in [7, 11) is 6.17. The largest absolute Gasteiger partial charge is 0.371 e. The van der Waals surface area contributed by atoms with E-state index in [4.69, 9.17) is 4.98 Å². The van der Waals surface area contributed by atoms with Crippen LogP contribution in [0.25, 0.3) is 32.9 Å². The molecule has 1 aliphatic rings. The highest BCUT2D eigenvalue weighted by molar-refractivity contribution is 6.10. The standard InChI is InChI=1S/C32H30N6O/c1-36(2)24-12-14-38(15-13-24)25-10-11-30-29(17-25)35-32(37(30)3)31(39)21-8-9-22(18-33)27(16-21)28-20-34-19-23-6-4-5-7-26(23)28/h4-11,16-17,19-20,24H,12-15H2,1-3H3. The molecule has 1 saturated heterocycles. The molecule has 0 spiro atoms. The third-order valence-electron chi connectivity index (χ3n) is 7.99. The number of benzene rings is 3. The lowest BCUT2D eigenvalue weighted by molar-refractivity contribution is 0.102. The summed E-state index contributed by atoms with van der Waals surface area (Å²) in [6, 6.07) is 22.3. The SMILES string of the molecule is CN(C)C1CCN(c2ccc3c(c2)nc(C(=O)c2ccc(C#N)c(-c4cncc5ccccc45)c2)n3C)CC1. The van der Waals surface area contributed by atoms with Crippen molar-refractivity contribution in [2.24, 2.45) is 7.05 Å². The van der Waals surface area contributed by atoms with Gasteiger partial charge in [-0.25, -0.2) is 4.98 Å². The van der Waals surface area contributed by atoms with E-state index in [1.807, 2.05) is 35.9 Å². The number of nitriles is 1. The number of imidazole rings is 1. The van der Waals surface area contributed by atoms with Crippen LogP contribution in [0.1, 0.15) is 34.6 Å². The molecular formula is C32H30N6O. The zero-order chi connectivity index (χ0) is 27.1. The van der Waals surface area contributed by atoms with Gasteiger partial charge in [-0.3, -0.25) is 9.78 Å². The molecule has 1 fully saturated rings. The summed E-state index contributed by atoms with van der Waals surface area (Å²) in [5, 5.41) is 11.8. The van der Waals surface area contributed by atoms with Gasteiger partial charge in [0.2, 0.25) is 5.78 Å². The monoisotopic (exact) mass is 514 g/mol. The number of hydrogen-bond donors (Lipinski definition) is 0. The molecule has 6 rings (SSSR count). The fourth-order valence-electron chi connectivity index (χ4n) is 5.69. The minimum absolute atomic E-state index is 0.180. The number of anilines is 1. The van der Waals surface area contributed by atoms with Crippen LogP contribution < -0.4 is 4.90 Å². The normalized spacial score (nSPS) is 14.3. The Kier molecular flexibility index (Phi) is 6.34. The number of pyridine rings is 1. The molecule has 0 amide bonds. The highest BCUT2D eigenvalue weighted by Crippen LogP contribution is 2.32. The second kappa shape index (κ2) is 9.97. The van der Waals surface area contributed by atoms with Crippen molar-refractivity contribution in [3.05, 3.63) is 90.0 Å². The molecule has 0 saturated carbocycles. The maximum atomic E-state index is 13.8. The topological polar surface area (TPSA) is 78.1 Å². The number of rotatable bonds is 5. The van der Waals surface area contributed by atoms with Crippen LogP contribution in [0.2, 0.25) is 0 Å². The number of carbonyl (C=O) groups excluding carboxylic acids is 1. The molecule has 0 atom stereocenters. The Bertz CT molecular complexity index is 1750. The molecule has 3 heterocycles. The van der Waals surface area contributed by atoms with Gasteiger partial charge < -0.3 is 14.4 Å². The van der Waals surface area contributed by atoms with Crippen molar-refractivity contribution in [1.82, 2.24) is 19.4 Å². The lowest BCUT2D eigenvalue weighted by Crippen LogP contribution is -2.41. The molecule has 39 heavy (non-hydrogen) atoms. The van der Waals surface area contributed by atoms with Gasteiger partial charge in [0.05, 0.1) is 22.7 Å². The van der Waals surface area contributed by atoms with Crippen molar-refractivity contribution in [1.29, 1.82) is 5.26 Å². The minimum Gasteiger partial charge on any atom is -0.371 e. The van der Waals surface area contributed by atoms with Gasteiger partial charge in [0, 0.05) is 66.3 Å². The van der Waals surface area contributed by atoms with Gasteiger partial charge in [0.1, 0.15) is 0 Å². The number of nitrogens with zero attached hydrogens (tertiary/aromatic N) is 6. The summed E-state index contributed by atoms with van der Waals surface area (Å²) >= 11 is 0. The van der Waals surface area contributed by atoms with Crippen LogP contribution in [0.3, 0.4) is 0 Å². The molecule has 7 heteroatoms. The molecule has 0 N–H and O–H groups in total. The summed E-state index contributed by atoms with van der Waals surface area (Å²) in [5.41, 5.74) is 5.36. The first-order chi connectivity index (χ1) is 18.9. The average molecular weight is 515 g/mol. The number of ketones is 1. The molecule has 2 aromatic heterocycles. The zero-order valence-electron chi connectivity index (χ0n) is 22.4. The van der Waals surface area contributed by atoms with Crippen molar-refractivity contribution < 1.29 is 4.79 Å². The lowest BCUT2D eigenvalue weighted by Gasteiger charge is -2.36. The summed E-state index contributed by atoms with van der Waals surface area (Å²) in [5.74, 6) is 0.196. The quantitative estimate of drug-likeness (QED) is 0.292. The number of fused-ring (bicyclic) bond motifs is 2. The lowest BCUT2D eigenvalue weighted by atomic mass is 9.94. The molecule has 1 aliphatic heterocycles. The second-order valence-corrected chi connectivity index (χ2v) is 10.5. The summed E-state index contributed by atoms with van der Waals surface area (Å²) in [6.07, 6.45) is 5.82. The predicted octanol–water partition coefficient (Wildman–Crippen LogP) is 5.42. The smallest absolute Gasteiger partial charge is 0.228 e. The fraction of sp³-hybridized carbons (Fsp3) is 0.250. The van der Waals surface area contributed by atoms with Gasteiger partial charge in [-0.05, 0) is 68.7 Å². The van der Waals surface area contributed by atoms with Crippen molar-refractivity contribution in [2.45, 2.75) is 18.9 Å². The van der Waals surface area contributed by atoms with Gasteiger partial charge in [0.25, 0.3) is 0 Å². The second-order valence-electron chi connectivity index (χ2n) is 10.5. The first-order valence-corrected chi connectivity index (χ1v) is 13.2. The van der Waals surface area contributed by atoms with Crippen LogP contribution in [0.5, 0.6) is 0 Å². The summed E-state index contributed by atoms with van der Waals surface area (Å²) in [4.78, 5) is 27.7. The van der Waals surface area contributed by atoms with Crippen molar-refractivity contribution in [3.63, 3.8) is 0 Å². The first kappa shape index (κ1) is 24.8. The van der Waals surface area contributed by atoms with Crippen LogP contribution in [0.15, 0.2) is 73.1 Å². The number of piperidine rings is 1. The van der Waals surface area contributed by atoms with E-state index in [0.29, 0.717) is 28.6 Å². The molecular weight excluding hydrogens is 484 g/mol. The van der Waals surface area contributed by atoms with Crippen LogP contribution in [-0.2, 0) is 7.05 Å². The highest BCUT2D eigenvalue weighted by Gasteiger charge is 2.23. The first-order valence-electron chi connectivity index (χ1n) is 13.2. The Morgan fingerprint density at radius 3 is 2.56 bits per heavy atom. The third kappa shape index (κ3) is 4.43. The van der Waals surface area contributed by atoms with Gasteiger partial charge in [-0.2, -0.15) is 5.26 Å². The average Bonchev–Trinajstić information content (AvgIpc) is 3.31. The van der Waals surface area contributed by atoms with Gasteiger partial charge >= 0.3 is 0 Å². The number of aryl methyl sites for hydroxylation is 1. The molecule has 7 nitrogen and oxygen atoms in total. The van der Waals surface area contributed by atoms with E-state index in [2.05, 4.69) is 53.1 Å². The van der Waals surface area contributed by atoms with Crippen LogP contribution >= 0.6 is 0 Å². The zero-order valence-corrected chi connectivity index (χ0v) is 22.4. The Morgan fingerprint density at radius 1 is 1.00 bits per heavy atom. The van der Waals surface area contributed by atoms with Gasteiger partial charge in [0.15, 0.2) is 5.82 Å². The van der Waals surface area contributed by atoms with Crippen molar-refractivity contribution >= 4 is 33.3 Å². The van der Waals surface area contributed by atoms with Gasteiger partial charge in [-0.1, -0.05) is 24.3 Å². The number of carbonyl (C=O) groups is 1. The molecule has 194 valence electrons. The van der Waals surface area contributed by atoms with Crippen LogP contribution in [0.4, 0.5) is 5.69 Å². The molecule has 0 unspecified atom stereocenters. The number of hydrogen-bond acceptors (Lipinski definition) is 6. The molecule has 3 aromatic carbocycles. The van der Waals surface area contributed by atoms with E-state index < -0.39 is 0 Å². The van der Waals surface area contributed by atoms with E-state index in [1.165, 1.54) is 0 Å². The van der Waals surface area contributed by atoms with E-state index in [-0.39, 0.29) is 5.78 Å². The minimum atomic E-state index is -0.180. The van der Waals surface area contributed by atoms with Gasteiger partial charge in [-0.15, -0.1) is 0 Å². The fourth-order valence-corrected chi connectivity index (χ4v) is 5.69. The Hall–Kier alpha value is -4.54. The summed E-state index contributed by atoms with van der Waals surface area (Å²) < 4.78 is 1.86. The molecule has 0 radical (unpaired) electrons. The predicted molar refractivity (Wildman–Crippen MR) is 155 cm³/mol. The molecule has 0 aliphatic carbocycles. The van der Waals surface area contributed by atoms with Crippen LogP contribution in [0, 0.1) is 11.3 Å². The van der Waals surface area contributed by atoms with E-state index in [0.717, 1.165) is 59.0 Å². The Balaban J connectivity index is 1.35. The summed E-state index contributed by atoms with van der Waals surface area (Å²) in [6.45, 7) is 2.01. The van der Waals surface area contributed by atoms with E-state index >= 15 is 0 Å². The van der Waals surface area contributed by atoms with Crippen LogP contribution in [-0.4, -0.2) is 58.4 Å². The Morgan fingerprint density at radius 2 is 1.79 bits per heavy atom.